The van der Waals surface area contributed by atoms with E-state index in [0.29, 0.717) is 17.7 Å². The van der Waals surface area contributed by atoms with Gasteiger partial charge in [0.15, 0.2) is 11.2 Å². The maximum absolute atomic E-state index is 13.8. The number of nitrogens with one attached hydrogen (secondary N) is 1. The summed E-state index contributed by atoms with van der Waals surface area (Å²) in [5.74, 6) is -1.37. The smallest absolute Gasteiger partial charge is 0.195 e. The van der Waals surface area contributed by atoms with Crippen LogP contribution in [0.2, 0.25) is 0 Å². The van der Waals surface area contributed by atoms with E-state index in [-0.39, 0.29) is 15.4 Å². The van der Waals surface area contributed by atoms with Gasteiger partial charge in [0.2, 0.25) is 0 Å². The van der Waals surface area contributed by atoms with Crippen LogP contribution in [0.15, 0.2) is 15.3 Å². The average Bonchev–Trinajstić information content (AvgIpc) is 2.29. The lowest BCUT2D eigenvalue weighted by Crippen LogP contribution is -2.13. The van der Waals surface area contributed by atoms with Gasteiger partial charge in [0, 0.05) is 11.3 Å². The molecule has 0 bridgehead atoms. The van der Waals surface area contributed by atoms with E-state index >= 15 is 0 Å². The van der Waals surface area contributed by atoms with Gasteiger partial charge in [-0.05, 0) is 35.3 Å². The molecule has 0 aliphatic carbocycles. The van der Waals surface area contributed by atoms with E-state index in [1.54, 1.807) is 6.92 Å². The van der Waals surface area contributed by atoms with E-state index in [1.807, 2.05) is 6.92 Å². The van der Waals surface area contributed by atoms with E-state index in [1.165, 1.54) is 0 Å². The van der Waals surface area contributed by atoms with Gasteiger partial charge >= 0.3 is 0 Å². The summed E-state index contributed by atoms with van der Waals surface area (Å²) in [4.78, 5) is 14.8. The highest BCUT2D eigenvalue weighted by Gasteiger charge is 2.17. The first-order valence-corrected chi connectivity index (χ1v) is 5.95. The number of aromatic amines is 1. The second-order valence-electron chi connectivity index (χ2n) is 3.82. The zero-order valence-electron chi connectivity index (χ0n) is 9.33. The van der Waals surface area contributed by atoms with Crippen LogP contribution in [0, 0.1) is 18.6 Å². The Kier molecular flexibility index (Phi) is 3.03. The lowest BCUT2D eigenvalue weighted by Gasteiger charge is -2.08. The van der Waals surface area contributed by atoms with Gasteiger partial charge < -0.3 is 4.98 Å². The Bertz CT molecular complexity index is 664. The first-order valence-electron chi connectivity index (χ1n) is 5.16. The van der Waals surface area contributed by atoms with Gasteiger partial charge in [-0.3, -0.25) is 4.79 Å². The molecule has 90 valence electrons. The quantitative estimate of drug-likeness (QED) is 0.804. The van der Waals surface area contributed by atoms with Crippen LogP contribution >= 0.6 is 15.9 Å². The van der Waals surface area contributed by atoms with Crippen molar-refractivity contribution in [2.24, 2.45) is 0 Å². The number of rotatable bonds is 1. The summed E-state index contributed by atoms with van der Waals surface area (Å²) in [7, 11) is 0. The van der Waals surface area contributed by atoms with Crippen LogP contribution in [0.25, 0.3) is 10.9 Å². The maximum Gasteiger partial charge on any atom is 0.195 e. The highest BCUT2D eigenvalue weighted by atomic mass is 79.9. The van der Waals surface area contributed by atoms with E-state index in [2.05, 4.69) is 20.9 Å². The molecule has 0 unspecified atom stereocenters. The summed E-state index contributed by atoms with van der Waals surface area (Å²) < 4.78 is 27.5. The third-order valence-corrected chi connectivity index (χ3v) is 3.40. The fourth-order valence-electron chi connectivity index (χ4n) is 1.85. The molecule has 2 nitrogen and oxygen atoms in total. The lowest BCUT2D eigenvalue weighted by atomic mass is 10.1. The van der Waals surface area contributed by atoms with Gasteiger partial charge in [0.1, 0.15) is 5.82 Å². The first-order chi connectivity index (χ1) is 7.97. The van der Waals surface area contributed by atoms with E-state index < -0.39 is 17.1 Å². The molecule has 1 N–H and O–H groups in total. The number of pyridine rings is 1. The molecule has 0 atom stereocenters. The Morgan fingerprint density at radius 1 is 1.41 bits per heavy atom. The lowest BCUT2D eigenvalue weighted by molar-refractivity contribution is 0.608. The molecule has 0 aliphatic rings. The zero-order valence-corrected chi connectivity index (χ0v) is 10.9. The third kappa shape index (κ3) is 1.78. The van der Waals surface area contributed by atoms with Gasteiger partial charge in [-0.2, -0.15) is 0 Å². The Morgan fingerprint density at radius 2 is 2.06 bits per heavy atom. The summed E-state index contributed by atoms with van der Waals surface area (Å²) in [5.41, 5.74) is 0.519. The largest absolute Gasteiger partial charge is 0.355 e. The average molecular weight is 302 g/mol. The number of hydrogen-bond acceptors (Lipinski definition) is 1. The monoisotopic (exact) mass is 301 g/mol. The minimum absolute atomic E-state index is 0.0448. The van der Waals surface area contributed by atoms with Gasteiger partial charge in [-0.1, -0.05) is 6.92 Å². The molecule has 17 heavy (non-hydrogen) atoms. The standard InChI is InChI=1S/C12H10BrF2NO/c1-3-8-5(2)12(17)9-10(15)6(13)4-7(14)11(9)16-8/h4H,3H2,1-2H3,(H,16,17). The predicted molar refractivity (Wildman–Crippen MR) is 66.3 cm³/mol. The van der Waals surface area contributed by atoms with Crippen LogP contribution in [0.4, 0.5) is 8.78 Å². The van der Waals surface area contributed by atoms with Gasteiger partial charge in [-0.25, -0.2) is 8.78 Å². The van der Waals surface area contributed by atoms with Crippen molar-refractivity contribution in [2.45, 2.75) is 20.3 Å². The minimum atomic E-state index is -0.728. The zero-order chi connectivity index (χ0) is 12.7. The molecule has 5 heteroatoms. The van der Waals surface area contributed by atoms with Crippen molar-refractivity contribution in [1.82, 2.24) is 4.98 Å². The molecule has 1 aromatic carbocycles. The highest BCUT2D eigenvalue weighted by Crippen LogP contribution is 2.25. The highest BCUT2D eigenvalue weighted by molar-refractivity contribution is 9.10. The Balaban J connectivity index is 3.07. The van der Waals surface area contributed by atoms with Crippen molar-refractivity contribution < 1.29 is 8.78 Å². The van der Waals surface area contributed by atoms with Crippen molar-refractivity contribution in [3.63, 3.8) is 0 Å². The van der Waals surface area contributed by atoms with Crippen LogP contribution in [0.5, 0.6) is 0 Å². The van der Waals surface area contributed by atoms with Crippen LogP contribution < -0.4 is 5.43 Å². The molecule has 1 heterocycles. The number of hydrogen-bond donors (Lipinski definition) is 1. The summed E-state index contributed by atoms with van der Waals surface area (Å²) in [5, 5.41) is -0.230. The fraction of sp³-hybridized carbons (Fsp3) is 0.250. The molecule has 2 rings (SSSR count). The molecule has 0 saturated heterocycles. The van der Waals surface area contributed by atoms with Crippen molar-refractivity contribution >= 4 is 26.8 Å². The van der Waals surface area contributed by atoms with Crippen molar-refractivity contribution in [3.8, 4) is 0 Å². The van der Waals surface area contributed by atoms with E-state index in [4.69, 9.17) is 0 Å². The number of H-pyrrole nitrogens is 1. The van der Waals surface area contributed by atoms with E-state index in [0.717, 1.165) is 6.07 Å². The molecular formula is C12H10BrF2NO. The molecule has 0 spiro atoms. The SMILES string of the molecule is CCc1[nH]c2c(F)cc(Br)c(F)c2c(=O)c1C. The van der Waals surface area contributed by atoms with Crippen LogP contribution in [0.3, 0.4) is 0 Å². The van der Waals surface area contributed by atoms with Gasteiger partial charge in [0.25, 0.3) is 0 Å². The number of halogens is 3. The number of aryl methyl sites for hydroxylation is 1. The third-order valence-electron chi connectivity index (χ3n) is 2.82. The Labute approximate surface area is 105 Å². The van der Waals surface area contributed by atoms with Crippen molar-refractivity contribution in [3.05, 3.63) is 43.7 Å². The number of benzene rings is 1. The molecule has 0 aliphatic heterocycles. The summed E-state index contributed by atoms with van der Waals surface area (Å²) >= 11 is 2.89. The van der Waals surface area contributed by atoms with Gasteiger partial charge in [-0.15, -0.1) is 0 Å². The Hall–Kier alpha value is -1.23. The first kappa shape index (κ1) is 12.2. The fourth-order valence-corrected chi connectivity index (χ4v) is 2.25. The minimum Gasteiger partial charge on any atom is -0.355 e. The number of fused-ring (bicyclic) bond motifs is 1. The molecule has 1 aromatic heterocycles. The topological polar surface area (TPSA) is 32.9 Å². The van der Waals surface area contributed by atoms with Crippen LogP contribution in [-0.4, -0.2) is 4.98 Å². The number of aromatic nitrogens is 1. The van der Waals surface area contributed by atoms with Crippen LogP contribution in [0.1, 0.15) is 18.2 Å². The molecule has 2 aromatic rings. The molecule has 0 saturated carbocycles. The van der Waals surface area contributed by atoms with Gasteiger partial charge in [0.05, 0.1) is 15.4 Å². The second kappa shape index (κ2) is 4.22. The predicted octanol–water partition coefficient (Wildman–Crippen LogP) is 3.44. The van der Waals surface area contributed by atoms with Crippen molar-refractivity contribution in [2.75, 3.05) is 0 Å². The summed E-state index contributed by atoms with van der Waals surface area (Å²) in [6.07, 6.45) is 0.564. The second-order valence-corrected chi connectivity index (χ2v) is 4.67. The van der Waals surface area contributed by atoms with Crippen LogP contribution in [-0.2, 0) is 6.42 Å². The maximum atomic E-state index is 13.8. The molecular weight excluding hydrogens is 292 g/mol. The summed E-state index contributed by atoms with van der Waals surface area (Å²) in [6, 6.07) is 1.02. The molecule has 0 amide bonds. The summed E-state index contributed by atoms with van der Waals surface area (Å²) in [6.45, 7) is 3.45. The normalized spacial score (nSPS) is 11.1. The molecule has 0 fully saturated rings. The van der Waals surface area contributed by atoms with Crippen molar-refractivity contribution in [1.29, 1.82) is 0 Å². The Morgan fingerprint density at radius 3 is 2.65 bits per heavy atom. The van der Waals surface area contributed by atoms with E-state index in [9.17, 15) is 13.6 Å². The molecule has 0 radical (unpaired) electrons.